The minimum Gasteiger partial charge on any atom is -0.465 e. The van der Waals surface area contributed by atoms with E-state index in [1.165, 1.54) is 7.11 Å². The van der Waals surface area contributed by atoms with Gasteiger partial charge in [0.2, 0.25) is 15.9 Å². The van der Waals surface area contributed by atoms with Crippen LogP contribution >= 0.6 is 27.3 Å². The first-order chi connectivity index (χ1) is 8.27. The minimum absolute atomic E-state index is 0.129. The largest absolute Gasteiger partial charge is 0.465 e. The van der Waals surface area contributed by atoms with E-state index in [1.54, 1.807) is 0 Å². The number of hydrogen-bond acceptors (Lipinski definition) is 6. The molecule has 0 unspecified atom stereocenters. The molecule has 7 nitrogen and oxygen atoms in total. The van der Waals surface area contributed by atoms with Crippen LogP contribution < -0.4 is 10.5 Å². The van der Waals surface area contributed by atoms with Crippen molar-refractivity contribution in [2.24, 2.45) is 5.73 Å². The molecule has 0 aliphatic rings. The van der Waals surface area contributed by atoms with Crippen molar-refractivity contribution in [1.82, 2.24) is 4.72 Å². The summed E-state index contributed by atoms with van der Waals surface area (Å²) in [5, 5.41) is 0. The van der Waals surface area contributed by atoms with E-state index in [0.29, 0.717) is 0 Å². The second-order valence-corrected chi connectivity index (χ2v) is 7.14. The molecule has 0 saturated carbocycles. The number of nitrogens with two attached hydrogens (primary N) is 1. The lowest BCUT2D eigenvalue weighted by molar-refractivity contribution is -0.116. The number of hydrogen-bond donors (Lipinski definition) is 2. The van der Waals surface area contributed by atoms with Gasteiger partial charge in [-0.1, -0.05) is 0 Å². The van der Waals surface area contributed by atoms with Crippen LogP contribution in [0.3, 0.4) is 0 Å². The van der Waals surface area contributed by atoms with Gasteiger partial charge in [-0.05, 0) is 22.0 Å². The fourth-order valence-electron chi connectivity index (χ4n) is 0.980. The van der Waals surface area contributed by atoms with Crippen molar-refractivity contribution >= 4 is 49.2 Å². The molecule has 0 radical (unpaired) electrons. The van der Waals surface area contributed by atoms with E-state index in [4.69, 9.17) is 5.73 Å². The molecular formula is C8H9BrN2O5S2. The van der Waals surface area contributed by atoms with Gasteiger partial charge in [0.15, 0.2) is 0 Å². The normalized spacial score (nSPS) is 11.2. The van der Waals surface area contributed by atoms with Gasteiger partial charge in [-0.2, -0.15) is 0 Å². The van der Waals surface area contributed by atoms with Crippen molar-refractivity contribution in [3.63, 3.8) is 0 Å². The summed E-state index contributed by atoms with van der Waals surface area (Å²) in [4.78, 5) is 21.8. The van der Waals surface area contributed by atoms with Crippen LogP contribution in [0.2, 0.25) is 0 Å². The van der Waals surface area contributed by atoms with Crippen LogP contribution in [0.4, 0.5) is 0 Å². The van der Waals surface area contributed by atoms with Gasteiger partial charge in [0.1, 0.15) is 9.77 Å². The van der Waals surface area contributed by atoms with E-state index in [1.807, 2.05) is 4.72 Å². The zero-order chi connectivity index (χ0) is 13.9. The third-order valence-corrected chi connectivity index (χ3v) is 5.40. The lowest BCUT2D eigenvalue weighted by Crippen LogP contribution is -2.33. The maximum Gasteiger partial charge on any atom is 0.348 e. The van der Waals surface area contributed by atoms with E-state index in [0.717, 1.165) is 17.4 Å². The topological polar surface area (TPSA) is 116 Å². The van der Waals surface area contributed by atoms with Crippen molar-refractivity contribution in [3.05, 3.63) is 14.7 Å². The van der Waals surface area contributed by atoms with Gasteiger partial charge in [-0.25, -0.2) is 17.9 Å². The van der Waals surface area contributed by atoms with Crippen molar-refractivity contribution in [1.29, 1.82) is 0 Å². The van der Waals surface area contributed by atoms with Crippen LogP contribution in [0.25, 0.3) is 0 Å². The predicted octanol–water partition coefficient (Wildman–Crippen LogP) is 0.0608. The molecule has 0 aromatic carbocycles. The third kappa shape index (κ3) is 3.51. The molecule has 0 saturated heterocycles. The average Bonchev–Trinajstić information content (AvgIpc) is 2.68. The molecule has 100 valence electrons. The molecule has 10 heteroatoms. The molecule has 1 aromatic rings. The summed E-state index contributed by atoms with van der Waals surface area (Å²) >= 11 is 3.95. The summed E-state index contributed by atoms with van der Waals surface area (Å²) in [7, 11) is -2.71. The van der Waals surface area contributed by atoms with Crippen molar-refractivity contribution in [2.75, 3.05) is 13.7 Å². The Bertz CT molecular complexity index is 580. The van der Waals surface area contributed by atoms with Crippen LogP contribution in [-0.4, -0.2) is 33.9 Å². The zero-order valence-corrected chi connectivity index (χ0v) is 12.3. The molecule has 1 rings (SSSR count). The molecular weight excluding hydrogens is 348 g/mol. The number of sulfonamides is 1. The van der Waals surface area contributed by atoms with Crippen LogP contribution in [-0.2, 0) is 19.6 Å². The molecule has 1 amide bonds. The fourth-order valence-corrected chi connectivity index (χ4v) is 4.45. The van der Waals surface area contributed by atoms with Gasteiger partial charge in [-0.15, -0.1) is 11.3 Å². The minimum atomic E-state index is -3.90. The summed E-state index contributed by atoms with van der Waals surface area (Å²) in [6.07, 6.45) is 0. The van der Waals surface area contributed by atoms with Crippen LogP contribution in [0.1, 0.15) is 9.67 Å². The number of ether oxygens (including phenoxy) is 1. The van der Waals surface area contributed by atoms with Crippen molar-refractivity contribution in [2.45, 2.75) is 4.90 Å². The highest BCUT2D eigenvalue weighted by atomic mass is 79.9. The van der Waals surface area contributed by atoms with Crippen molar-refractivity contribution in [3.8, 4) is 0 Å². The number of primary amides is 1. The van der Waals surface area contributed by atoms with E-state index < -0.39 is 28.4 Å². The van der Waals surface area contributed by atoms with Gasteiger partial charge >= 0.3 is 5.97 Å². The third-order valence-electron chi connectivity index (χ3n) is 1.77. The van der Waals surface area contributed by atoms with Crippen LogP contribution in [0, 0.1) is 0 Å². The quantitative estimate of drug-likeness (QED) is 0.723. The monoisotopic (exact) mass is 356 g/mol. The second kappa shape index (κ2) is 5.78. The molecule has 0 spiro atoms. The molecule has 0 fully saturated rings. The highest BCUT2D eigenvalue weighted by Gasteiger charge is 2.23. The highest BCUT2D eigenvalue weighted by Crippen LogP contribution is 2.31. The Morgan fingerprint density at radius 3 is 2.67 bits per heavy atom. The molecule has 0 bridgehead atoms. The van der Waals surface area contributed by atoms with Crippen LogP contribution in [0.15, 0.2) is 14.7 Å². The first-order valence-electron chi connectivity index (χ1n) is 4.43. The number of methoxy groups -OCH3 is 1. The molecule has 0 aliphatic heterocycles. The van der Waals surface area contributed by atoms with E-state index in [-0.39, 0.29) is 13.6 Å². The maximum atomic E-state index is 11.8. The zero-order valence-electron chi connectivity index (χ0n) is 9.10. The Hall–Kier alpha value is -0.970. The first kappa shape index (κ1) is 15.1. The number of halogens is 1. The molecule has 0 aliphatic carbocycles. The smallest absolute Gasteiger partial charge is 0.348 e. The molecule has 3 N–H and O–H groups in total. The van der Waals surface area contributed by atoms with Gasteiger partial charge < -0.3 is 10.5 Å². The number of rotatable bonds is 5. The highest BCUT2D eigenvalue weighted by molar-refractivity contribution is 9.11. The Labute approximate surface area is 115 Å². The number of thiophene rings is 1. The second-order valence-electron chi connectivity index (χ2n) is 3.03. The summed E-state index contributed by atoms with van der Waals surface area (Å²) < 4.78 is 30.3. The van der Waals surface area contributed by atoms with Crippen LogP contribution in [0.5, 0.6) is 0 Å². The number of nitrogens with one attached hydrogen (secondary N) is 1. The van der Waals surface area contributed by atoms with Crippen molar-refractivity contribution < 1.29 is 22.7 Å². The standard InChI is InChI=1S/C8H9BrN2O5S2/c1-16-8(13)4-2-5(7(9)17-4)18(14,15)11-3-6(10)12/h2,11H,3H2,1H3,(H2,10,12). The maximum absolute atomic E-state index is 11.8. The first-order valence-corrected chi connectivity index (χ1v) is 7.53. The molecule has 18 heavy (non-hydrogen) atoms. The number of amides is 1. The van der Waals surface area contributed by atoms with Gasteiger partial charge in [0, 0.05) is 0 Å². The van der Waals surface area contributed by atoms with E-state index in [2.05, 4.69) is 20.7 Å². The van der Waals surface area contributed by atoms with E-state index in [9.17, 15) is 18.0 Å². The number of carbonyl (C=O) groups is 2. The summed E-state index contributed by atoms with van der Waals surface area (Å²) in [6, 6.07) is 1.16. The Morgan fingerprint density at radius 2 is 2.17 bits per heavy atom. The Kier molecular flexibility index (Phi) is 4.85. The van der Waals surface area contributed by atoms with Gasteiger partial charge in [0.05, 0.1) is 17.4 Å². The lowest BCUT2D eigenvalue weighted by atomic mass is 10.5. The molecule has 0 atom stereocenters. The lowest BCUT2D eigenvalue weighted by Gasteiger charge is -2.02. The Morgan fingerprint density at radius 1 is 1.56 bits per heavy atom. The predicted molar refractivity (Wildman–Crippen MR) is 67.7 cm³/mol. The van der Waals surface area contributed by atoms with Gasteiger partial charge in [-0.3, -0.25) is 4.79 Å². The average molecular weight is 357 g/mol. The Balaban J connectivity index is 3.06. The van der Waals surface area contributed by atoms with Gasteiger partial charge in [0.25, 0.3) is 0 Å². The number of carbonyl (C=O) groups excluding carboxylic acids is 2. The summed E-state index contributed by atoms with van der Waals surface area (Å²) in [6.45, 7) is -0.516. The SMILES string of the molecule is COC(=O)c1cc(S(=O)(=O)NCC(N)=O)c(Br)s1. The van der Waals surface area contributed by atoms with E-state index >= 15 is 0 Å². The molecule has 1 aromatic heterocycles. The summed E-state index contributed by atoms with van der Waals surface area (Å²) in [5.74, 6) is -1.45. The molecule has 1 heterocycles. The summed E-state index contributed by atoms with van der Waals surface area (Å²) in [5.41, 5.74) is 4.84. The fraction of sp³-hybridized carbons (Fsp3) is 0.250. The number of esters is 1.